The van der Waals surface area contributed by atoms with Gasteiger partial charge in [0, 0.05) is 29.7 Å². The van der Waals surface area contributed by atoms with Gasteiger partial charge >= 0.3 is 0 Å². The highest BCUT2D eigenvalue weighted by Crippen LogP contribution is 2.27. The number of amides is 1. The monoisotopic (exact) mass is 468 g/mol. The highest BCUT2D eigenvalue weighted by molar-refractivity contribution is 7.89. The molecular weight excluding hydrogens is 440 g/mol. The number of rotatable bonds is 8. The van der Waals surface area contributed by atoms with Gasteiger partial charge in [-0.05, 0) is 55.7 Å². The zero-order chi connectivity index (χ0) is 23.4. The molecule has 0 saturated heterocycles. The highest BCUT2D eigenvalue weighted by atomic mass is 32.2. The molecule has 33 heavy (non-hydrogen) atoms. The molecule has 3 aromatic rings. The van der Waals surface area contributed by atoms with Crippen LogP contribution in [0.3, 0.4) is 0 Å². The van der Waals surface area contributed by atoms with Crippen LogP contribution in [0.5, 0.6) is 5.75 Å². The summed E-state index contributed by atoms with van der Waals surface area (Å²) >= 11 is 0. The van der Waals surface area contributed by atoms with Gasteiger partial charge in [-0.1, -0.05) is 25.0 Å². The van der Waals surface area contributed by atoms with Gasteiger partial charge in [0.05, 0.1) is 19.5 Å². The lowest BCUT2D eigenvalue weighted by Gasteiger charge is -2.17. The molecule has 2 aromatic carbocycles. The zero-order valence-corrected chi connectivity index (χ0v) is 19.5. The van der Waals surface area contributed by atoms with Gasteiger partial charge in [0.1, 0.15) is 10.6 Å². The van der Waals surface area contributed by atoms with Crippen molar-refractivity contribution in [2.75, 3.05) is 7.11 Å². The molecule has 1 aliphatic carbocycles. The summed E-state index contributed by atoms with van der Waals surface area (Å²) in [5.74, 6) is -0.152. The van der Waals surface area contributed by atoms with Crippen LogP contribution in [0.2, 0.25) is 0 Å². The minimum atomic E-state index is -3.81. The van der Waals surface area contributed by atoms with E-state index in [-0.39, 0.29) is 34.2 Å². The van der Waals surface area contributed by atoms with Crippen molar-refractivity contribution in [3.63, 3.8) is 0 Å². The van der Waals surface area contributed by atoms with Gasteiger partial charge in [-0.3, -0.25) is 4.79 Å². The third-order valence-electron chi connectivity index (χ3n) is 5.94. The standard InChI is InChI=1S/C24H28N4O4S/c1-17(18-7-10-21(11-8-18)28-14-13-25-16-28)26-24(29)19-9-12-22(32-2)23(15-19)33(30,31)27-20-5-3-4-6-20/h7-17,20,27H,3-6H2,1-2H3,(H,26,29)/t17-/m0/s1. The van der Waals surface area contributed by atoms with Gasteiger partial charge < -0.3 is 14.6 Å². The number of imidazole rings is 1. The molecule has 4 rings (SSSR count). The van der Waals surface area contributed by atoms with E-state index >= 15 is 0 Å². The number of methoxy groups -OCH3 is 1. The minimum Gasteiger partial charge on any atom is -0.495 e. The number of nitrogens with zero attached hydrogens (tertiary/aromatic N) is 2. The SMILES string of the molecule is COc1ccc(C(=O)N[C@@H](C)c2ccc(-n3ccnc3)cc2)cc1S(=O)(=O)NC1CCCC1. The molecule has 1 amide bonds. The first-order valence-electron chi connectivity index (χ1n) is 11.0. The maximum atomic E-state index is 13.0. The van der Waals surface area contributed by atoms with Crippen molar-refractivity contribution in [2.24, 2.45) is 0 Å². The quantitative estimate of drug-likeness (QED) is 0.526. The van der Waals surface area contributed by atoms with E-state index in [1.165, 1.54) is 19.2 Å². The van der Waals surface area contributed by atoms with Crippen molar-refractivity contribution < 1.29 is 17.9 Å². The van der Waals surface area contributed by atoms with Crippen LogP contribution in [0.1, 0.15) is 54.6 Å². The minimum absolute atomic E-state index is 0.0260. The Balaban J connectivity index is 1.50. The molecule has 1 saturated carbocycles. The molecule has 0 radical (unpaired) electrons. The molecule has 9 heteroatoms. The highest BCUT2D eigenvalue weighted by Gasteiger charge is 2.27. The number of hydrogen-bond donors (Lipinski definition) is 2. The summed E-state index contributed by atoms with van der Waals surface area (Å²) in [4.78, 5) is 16.9. The predicted molar refractivity (Wildman–Crippen MR) is 125 cm³/mol. The summed E-state index contributed by atoms with van der Waals surface area (Å²) in [5, 5.41) is 2.94. The Morgan fingerprint density at radius 1 is 1.15 bits per heavy atom. The Labute approximate surface area is 194 Å². The number of aromatic nitrogens is 2. The smallest absolute Gasteiger partial charge is 0.251 e. The third-order valence-corrected chi connectivity index (χ3v) is 7.48. The van der Waals surface area contributed by atoms with Crippen LogP contribution in [0, 0.1) is 0 Å². The van der Waals surface area contributed by atoms with Crippen molar-refractivity contribution in [3.8, 4) is 11.4 Å². The lowest BCUT2D eigenvalue weighted by Crippen LogP contribution is -2.33. The fraction of sp³-hybridized carbons (Fsp3) is 0.333. The summed E-state index contributed by atoms with van der Waals surface area (Å²) in [5.41, 5.74) is 2.15. The fourth-order valence-electron chi connectivity index (χ4n) is 4.06. The van der Waals surface area contributed by atoms with E-state index < -0.39 is 10.0 Å². The van der Waals surface area contributed by atoms with E-state index in [0.717, 1.165) is 36.9 Å². The molecule has 174 valence electrons. The molecule has 0 bridgehead atoms. The van der Waals surface area contributed by atoms with E-state index in [0.29, 0.717) is 0 Å². The van der Waals surface area contributed by atoms with Crippen molar-refractivity contribution in [1.82, 2.24) is 19.6 Å². The van der Waals surface area contributed by atoms with Gasteiger partial charge in [-0.2, -0.15) is 0 Å². The number of sulfonamides is 1. The molecule has 1 aromatic heterocycles. The van der Waals surface area contributed by atoms with Crippen LogP contribution in [-0.2, 0) is 10.0 Å². The largest absolute Gasteiger partial charge is 0.495 e. The van der Waals surface area contributed by atoms with E-state index in [4.69, 9.17) is 4.74 Å². The maximum Gasteiger partial charge on any atom is 0.251 e. The second-order valence-electron chi connectivity index (χ2n) is 8.22. The van der Waals surface area contributed by atoms with E-state index in [2.05, 4.69) is 15.0 Å². The van der Waals surface area contributed by atoms with Crippen molar-refractivity contribution in [2.45, 2.75) is 49.6 Å². The first kappa shape index (κ1) is 23.0. The Hall–Kier alpha value is -3.17. The van der Waals surface area contributed by atoms with Crippen LogP contribution < -0.4 is 14.8 Å². The van der Waals surface area contributed by atoms with E-state index in [1.54, 1.807) is 18.6 Å². The summed E-state index contributed by atoms with van der Waals surface area (Å²) < 4.78 is 35.9. The van der Waals surface area contributed by atoms with Crippen LogP contribution in [-0.4, -0.2) is 37.0 Å². The van der Waals surface area contributed by atoms with Gasteiger partial charge in [-0.15, -0.1) is 0 Å². The molecule has 2 N–H and O–H groups in total. The van der Waals surface area contributed by atoms with Crippen LogP contribution in [0.4, 0.5) is 0 Å². The average molecular weight is 469 g/mol. The molecule has 1 heterocycles. The van der Waals surface area contributed by atoms with Gasteiger partial charge in [0.25, 0.3) is 5.91 Å². The van der Waals surface area contributed by atoms with Crippen LogP contribution in [0.15, 0.2) is 66.1 Å². The Kier molecular flexibility index (Phi) is 6.80. The molecule has 8 nitrogen and oxygen atoms in total. The molecule has 0 unspecified atom stereocenters. The summed E-state index contributed by atoms with van der Waals surface area (Å²) in [6.45, 7) is 1.88. The molecular formula is C24H28N4O4S. The molecule has 1 atom stereocenters. The number of carbonyl (C=O) groups is 1. The first-order chi connectivity index (χ1) is 15.9. The fourth-order valence-corrected chi connectivity index (χ4v) is 5.56. The van der Waals surface area contributed by atoms with Crippen molar-refractivity contribution in [1.29, 1.82) is 0 Å². The Morgan fingerprint density at radius 2 is 1.88 bits per heavy atom. The molecule has 1 fully saturated rings. The number of carbonyl (C=O) groups excluding carboxylic acids is 1. The van der Waals surface area contributed by atoms with E-state index in [9.17, 15) is 13.2 Å². The second kappa shape index (κ2) is 9.76. The first-order valence-corrected chi connectivity index (χ1v) is 12.5. The molecule has 0 spiro atoms. The summed E-state index contributed by atoms with van der Waals surface area (Å²) in [7, 11) is -2.40. The van der Waals surface area contributed by atoms with Gasteiger partial charge in [-0.25, -0.2) is 18.1 Å². The zero-order valence-electron chi connectivity index (χ0n) is 18.7. The topological polar surface area (TPSA) is 102 Å². The number of hydrogen-bond acceptors (Lipinski definition) is 5. The Morgan fingerprint density at radius 3 is 2.52 bits per heavy atom. The average Bonchev–Trinajstić information content (AvgIpc) is 3.53. The summed E-state index contributed by atoms with van der Waals surface area (Å²) in [6, 6.07) is 11.9. The predicted octanol–water partition coefficient (Wildman–Crippen LogP) is 3.59. The normalized spacial score (nSPS) is 15.3. The number of benzene rings is 2. The lowest BCUT2D eigenvalue weighted by atomic mass is 10.1. The third kappa shape index (κ3) is 5.26. The number of ether oxygens (including phenoxy) is 1. The van der Waals surface area contributed by atoms with Gasteiger partial charge in [0.2, 0.25) is 10.0 Å². The second-order valence-corrected chi connectivity index (χ2v) is 9.91. The molecule has 1 aliphatic rings. The van der Waals surface area contributed by atoms with Crippen LogP contribution >= 0.6 is 0 Å². The van der Waals surface area contributed by atoms with Crippen molar-refractivity contribution >= 4 is 15.9 Å². The number of nitrogens with one attached hydrogen (secondary N) is 2. The van der Waals surface area contributed by atoms with Gasteiger partial charge in [0.15, 0.2) is 0 Å². The van der Waals surface area contributed by atoms with Crippen molar-refractivity contribution in [3.05, 3.63) is 72.3 Å². The lowest BCUT2D eigenvalue weighted by molar-refractivity contribution is 0.0939. The maximum absolute atomic E-state index is 13.0. The summed E-state index contributed by atoms with van der Waals surface area (Å²) in [6.07, 6.45) is 8.94. The molecule has 0 aliphatic heterocycles. The van der Waals surface area contributed by atoms with E-state index in [1.807, 2.05) is 42.0 Å². The Bertz CT molecular complexity index is 1200. The van der Waals surface area contributed by atoms with Crippen LogP contribution in [0.25, 0.3) is 5.69 Å².